The van der Waals surface area contributed by atoms with E-state index in [1.54, 1.807) is 18.2 Å². The van der Waals surface area contributed by atoms with Gasteiger partial charge in [0, 0.05) is 22.1 Å². The highest BCUT2D eigenvalue weighted by Gasteiger charge is 2.25. The Hall–Kier alpha value is -2.83. The summed E-state index contributed by atoms with van der Waals surface area (Å²) in [6.07, 6.45) is 1.83. The fourth-order valence-electron chi connectivity index (χ4n) is 3.19. The van der Waals surface area contributed by atoms with Crippen molar-refractivity contribution in [1.82, 2.24) is 9.88 Å². The molecule has 1 fully saturated rings. The van der Waals surface area contributed by atoms with Gasteiger partial charge < -0.3 is 9.88 Å². The van der Waals surface area contributed by atoms with E-state index in [1.807, 2.05) is 50.3 Å². The van der Waals surface area contributed by atoms with Crippen molar-refractivity contribution in [3.63, 3.8) is 0 Å². The van der Waals surface area contributed by atoms with Crippen LogP contribution in [-0.2, 0) is 4.79 Å². The van der Waals surface area contributed by atoms with E-state index in [9.17, 15) is 9.18 Å². The van der Waals surface area contributed by atoms with E-state index >= 15 is 0 Å². The molecule has 0 spiro atoms. The number of halogens is 2. The van der Waals surface area contributed by atoms with Gasteiger partial charge in [-0.3, -0.25) is 4.79 Å². The van der Waals surface area contributed by atoms with Gasteiger partial charge in [0.15, 0.2) is 5.17 Å². The van der Waals surface area contributed by atoms with Crippen LogP contribution in [-0.4, -0.2) is 15.6 Å². The molecule has 1 aromatic heterocycles. The van der Waals surface area contributed by atoms with Gasteiger partial charge in [0.25, 0.3) is 5.91 Å². The minimum Gasteiger partial charge on any atom is -0.318 e. The first-order valence-corrected chi connectivity index (χ1v) is 10.1. The zero-order valence-electron chi connectivity index (χ0n) is 15.7. The van der Waals surface area contributed by atoms with Crippen molar-refractivity contribution >= 4 is 46.2 Å². The standard InChI is InChI=1S/C22H17ClFN3OS/c1-13-11-15(14(2)27(13)17-9-7-16(23)8-10-17)12-20-21(28)26-22(29-20)25-19-6-4-3-5-18(19)24/h3-12H,1-2H3,(H,25,26,28)/b20-12-. The highest BCUT2D eigenvalue weighted by Crippen LogP contribution is 2.31. The lowest BCUT2D eigenvalue weighted by Crippen LogP contribution is -2.19. The number of amides is 1. The van der Waals surface area contributed by atoms with Crippen molar-refractivity contribution in [2.24, 2.45) is 4.99 Å². The number of carbonyl (C=O) groups excluding carboxylic acids is 1. The van der Waals surface area contributed by atoms with Crippen molar-refractivity contribution in [3.8, 4) is 5.69 Å². The number of thioether (sulfide) groups is 1. The lowest BCUT2D eigenvalue weighted by Gasteiger charge is -2.09. The molecule has 3 aromatic rings. The van der Waals surface area contributed by atoms with Gasteiger partial charge in [-0.05, 0) is 79.7 Å². The second-order valence-electron chi connectivity index (χ2n) is 6.57. The summed E-state index contributed by atoms with van der Waals surface area (Å²) in [4.78, 5) is 17.1. The molecule has 4 rings (SSSR count). The van der Waals surface area contributed by atoms with E-state index in [4.69, 9.17) is 11.6 Å². The van der Waals surface area contributed by atoms with E-state index < -0.39 is 5.82 Å². The fraction of sp³-hybridized carbons (Fsp3) is 0.0909. The molecule has 1 aliphatic rings. The van der Waals surface area contributed by atoms with Crippen LogP contribution in [0.4, 0.5) is 10.1 Å². The number of carbonyl (C=O) groups is 1. The number of nitrogens with one attached hydrogen (secondary N) is 1. The first kappa shape index (κ1) is 19.5. The van der Waals surface area contributed by atoms with Crippen molar-refractivity contribution in [3.05, 3.63) is 87.3 Å². The summed E-state index contributed by atoms with van der Waals surface area (Å²) >= 11 is 7.19. The topological polar surface area (TPSA) is 46.4 Å². The van der Waals surface area contributed by atoms with Gasteiger partial charge in [-0.15, -0.1) is 0 Å². The predicted molar refractivity (Wildman–Crippen MR) is 117 cm³/mol. The van der Waals surface area contributed by atoms with E-state index in [0.717, 1.165) is 22.6 Å². The molecule has 0 unspecified atom stereocenters. The largest absolute Gasteiger partial charge is 0.318 e. The zero-order chi connectivity index (χ0) is 20.5. The van der Waals surface area contributed by atoms with Crippen molar-refractivity contribution in [1.29, 1.82) is 0 Å². The van der Waals surface area contributed by atoms with E-state index in [-0.39, 0.29) is 11.6 Å². The molecule has 146 valence electrons. The Morgan fingerprint density at radius 1 is 1.14 bits per heavy atom. The van der Waals surface area contributed by atoms with Crippen molar-refractivity contribution in [2.45, 2.75) is 13.8 Å². The third-order valence-electron chi connectivity index (χ3n) is 4.57. The van der Waals surface area contributed by atoms with Crippen molar-refractivity contribution < 1.29 is 9.18 Å². The maximum atomic E-state index is 13.8. The summed E-state index contributed by atoms with van der Waals surface area (Å²) in [7, 11) is 0. The molecule has 0 saturated carbocycles. The molecule has 1 amide bonds. The highest BCUT2D eigenvalue weighted by atomic mass is 35.5. The quantitative estimate of drug-likeness (QED) is 0.541. The molecule has 1 saturated heterocycles. The van der Waals surface area contributed by atoms with Crippen LogP contribution in [0.3, 0.4) is 0 Å². The number of benzene rings is 2. The second kappa shape index (κ2) is 7.89. The third kappa shape index (κ3) is 3.99. The van der Waals surface area contributed by atoms with Crippen LogP contribution < -0.4 is 5.32 Å². The van der Waals surface area contributed by atoms with Gasteiger partial charge in [0.1, 0.15) is 11.5 Å². The number of amidine groups is 1. The number of rotatable bonds is 3. The van der Waals surface area contributed by atoms with E-state index in [1.165, 1.54) is 17.8 Å². The van der Waals surface area contributed by atoms with Crippen LogP contribution in [0, 0.1) is 19.7 Å². The zero-order valence-corrected chi connectivity index (χ0v) is 17.3. The Bertz CT molecular complexity index is 1170. The third-order valence-corrected chi connectivity index (χ3v) is 5.73. The Kier molecular flexibility index (Phi) is 5.30. The summed E-state index contributed by atoms with van der Waals surface area (Å²) in [6, 6.07) is 15.8. The summed E-state index contributed by atoms with van der Waals surface area (Å²) in [6.45, 7) is 4.01. The lowest BCUT2D eigenvalue weighted by molar-refractivity contribution is -0.115. The van der Waals surface area contributed by atoms with E-state index in [2.05, 4.69) is 14.9 Å². The molecular formula is C22H17ClFN3OS. The van der Waals surface area contributed by atoms with Gasteiger partial charge in [0.2, 0.25) is 0 Å². The van der Waals surface area contributed by atoms with Crippen molar-refractivity contribution in [2.75, 3.05) is 0 Å². The summed E-state index contributed by atoms with van der Waals surface area (Å²) in [5.74, 6) is -0.680. The number of aliphatic imine (C=N–C) groups is 1. The van der Waals surface area contributed by atoms with Gasteiger partial charge in [-0.25, -0.2) is 9.38 Å². The smallest absolute Gasteiger partial charge is 0.264 e. The molecule has 29 heavy (non-hydrogen) atoms. The molecule has 0 bridgehead atoms. The number of aryl methyl sites for hydroxylation is 1. The maximum Gasteiger partial charge on any atom is 0.264 e. The number of nitrogens with zero attached hydrogens (tertiary/aromatic N) is 2. The summed E-state index contributed by atoms with van der Waals surface area (Å²) in [5.41, 5.74) is 4.17. The molecule has 0 aliphatic carbocycles. The number of aromatic nitrogens is 1. The molecule has 0 atom stereocenters. The molecule has 7 heteroatoms. The molecule has 1 N–H and O–H groups in total. The van der Waals surface area contributed by atoms with Gasteiger partial charge in [0.05, 0.1) is 4.91 Å². The van der Waals surface area contributed by atoms with Crippen LogP contribution in [0.25, 0.3) is 11.8 Å². The highest BCUT2D eigenvalue weighted by molar-refractivity contribution is 8.18. The first-order valence-electron chi connectivity index (χ1n) is 8.91. The Morgan fingerprint density at radius 3 is 2.59 bits per heavy atom. The molecule has 1 aliphatic heterocycles. The number of hydrogen-bond acceptors (Lipinski definition) is 3. The van der Waals surface area contributed by atoms with Crippen LogP contribution >= 0.6 is 23.4 Å². The SMILES string of the molecule is Cc1cc(/C=C2\SC(=Nc3ccccc3F)NC2=O)c(C)n1-c1ccc(Cl)cc1. The summed E-state index contributed by atoms with van der Waals surface area (Å²) in [5, 5.41) is 3.74. The lowest BCUT2D eigenvalue weighted by atomic mass is 10.2. The normalized spacial score (nSPS) is 16.6. The molecule has 2 aromatic carbocycles. The molecular weight excluding hydrogens is 409 g/mol. The van der Waals surface area contributed by atoms with E-state index in [0.29, 0.717) is 15.1 Å². The van der Waals surface area contributed by atoms with Crippen LogP contribution in [0.1, 0.15) is 17.0 Å². The average Bonchev–Trinajstić information content (AvgIpc) is 3.17. The van der Waals surface area contributed by atoms with Gasteiger partial charge in [-0.2, -0.15) is 0 Å². The average molecular weight is 426 g/mol. The predicted octanol–water partition coefficient (Wildman–Crippen LogP) is 5.78. The minimum absolute atomic E-state index is 0.192. The molecule has 2 heterocycles. The fourth-order valence-corrected chi connectivity index (χ4v) is 4.15. The Morgan fingerprint density at radius 2 is 1.86 bits per heavy atom. The van der Waals surface area contributed by atoms with Crippen LogP contribution in [0.15, 0.2) is 64.5 Å². The monoisotopic (exact) mass is 425 g/mol. The maximum absolute atomic E-state index is 13.8. The number of para-hydroxylation sites is 1. The Balaban J connectivity index is 1.65. The number of hydrogen-bond donors (Lipinski definition) is 1. The minimum atomic E-state index is -0.432. The van der Waals surface area contributed by atoms with Gasteiger partial charge >= 0.3 is 0 Å². The molecule has 4 nitrogen and oxygen atoms in total. The van der Waals surface area contributed by atoms with Crippen LogP contribution in [0.2, 0.25) is 5.02 Å². The first-order chi connectivity index (χ1) is 13.9. The second-order valence-corrected chi connectivity index (χ2v) is 8.04. The van der Waals surface area contributed by atoms with Crippen LogP contribution in [0.5, 0.6) is 0 Å². The summed E-state index contributed by atoms with van der Waals surface area (Å²) < 4.78 is 15.9. The van der Waals surface area contributed by atoms with Gasteiger partial charge in [-0.1, -0.05) is 23.7 Å². The Labute approximate surface area is 177 Å². The molecule has 0 radical (unpaired) electrons.